The van der Waals surface area contributed by atoms with Crippen molar-refractivity contribution in [2.75, 3.05) is 6.61 Å². The van der Waals surface area contributed by atoms with Crippen LogP contribution in [-0.4, -0.2) is 17.9 Å². The Kier molecular flexibility index (Phi) is 4.53. The number of alkyl halides is 3. The number of aliphatic hydroxyl groups excluding tert-OH is 1. The molecule has 0 aliphatic heterocycles. The molecule has 0 aliphatic rings. The topological polar surface area (TPSA) is 29.5 Å². The Balaban J connectivity index is 2.19. The molecule has 2 aromatic rings. The average Bonchev–Trinajstić information content (AvgIpc) is 2.47. The van der Waals surface area contributed by atoms with Crippen molar-refractivity contribution in [3.05, 3.63) is 54.1 Å². The van der Waals surface area contributed by atoms with Crippen molar-refractivity contribution in [2.24, 2.45) is 0 Å². The molecule has 0 radical (unpaired) electrons. The van der Waals surface area contributed by atoms with E-state index in [4.69, 9.17) is 4.74 Å². The fourth-order valence-corrected chi connectivity index (χ4v) is 1.96. The van der Waals surface area contributed by atoms with E-state index in [0.717, 1.165) is 16.9 Å². The summed E-state index contributed by atoms with van der Waals surface area (Å²) in [5, 5.41) is 9.17. The van der Waals surface area contributed by atoms with Crippen molar-refractivity contribution in [3.63, 3.8) is 0 Å². The molecule has 1 unspecified atom stereocenters. The lowest BCUT2D eigenvalue weighted by Gasteiger charge is -2.15. The van der Waals surface area contributed by atoms with Gasteiger partial charge in [0.15, 0.2) is 6.10 Å². The molecule has 0 saturated heterocycles. The summed E-state index contributed by atoms with van der Waals surface area (Å²) >= 11 is 0. The zero-order chi connectivity index (χ0) is 15.5. The van der Waals surface area contributed by atoms with E-state index in [0.29, 0.717) is 6.61 Å². The van der Waals surface area contributed by atoms with Crippen molar-refractivity contribution in [3.8, 4) is 16.9 Å². The number of hydrogen-bond donors (Lipinski definition) is 1. The number of hydrogen-bond acceptors (Lipinski definition) is 2. The molecule has 1 atom stereocenters. The van der Waals surface area contributed by atoms with Gasteiger partial charge in [-0.15, -0.1) is 0 Å². The van der Waals surface area contributed by atoms with E-state index >= 15 is 0 Å². The lowest BCUT2D eigenvalue weighted by atomic mass is 10.0. The van der Waals surface area contributed by atoms with Crippen molar-refractivity contribution >= 4 is 0 Å². The molecule has 2 rings (SSSR count). The maximum absolute atomic E-state index is 12.4. The van der Waals surface area contributed by atoms with Crippen LogP contribution in [0.5, 0.6) is 5.75 Å². The van der Waals surface area contributed by atoms with Crippen LogP contribution in [-0.2, 0) is 0 Å². The minimum atomic E-state index is -4.65. The summed E-state index contributed by atoms with van der Waals surface area (Å²) in [5.41, 5.74) is 1.47. The van der Waals surface area contributed by atoms with Crippen LogP contribution < -0.4 is 4.74 Å². The molecule has 0 amide bonds. The first kappa shape index (κ1) is 15.4. The van der Waals surface area contributed by atoms with Gasteiger partial charge in [-0.25, -0.2) is 0 Å². The van der Waals surface area contributed by atoms with E-state index in [1.165, 1.54) is 12.1 Å². The molecule has 21 heavy (non-hydrogen) atoms. The number of ether oxygens (including phenoxy) is 1. The lowest BCUT2D eigenvalue weighted by Crippen LogP contribution is -2.19. The van der Waals surface area contributed by atoms with Crippen LogP contribution >= 0.6 is 0 Å². The molecule has 5 heteroatoms. The first-order valence-corrected chi connectivity index (χ1v) is 6.50. The highest BCUT2D eigenvalue weighted by molar-refractivity contribution is 5.64. The van der Waals surface area contributed by atoms with Crippen molar-refractivity contribution in [1.82, 2.24) is 0 Å². The molecule has 1 N–H and O–H groups in total. The number of benzene rings is 2. The standard InChI is InChI=1S/C16H15F3O2/c1-2-21-14-9-7-12(8-10-14)11-3-5-13(6-4-11)15(20)16(17,18)19/h3-10,15,20H,2H2,1H3. The minimum Gasteiger partial charge on any atom is -0.494 e. The van der Waals surface area contributed by atoms with E-state index in [2.05, 4.69) is 0 Å². The molecule has 0 bridgehead atoms. The fraction of sp³-hybridized carbons (Fsp3) is 0.250. The van der Waals surface area contributed by atoms with Gasteiger partial charge in [-0.3, -0.25) is 0 Å². The second-order valence-electron chi connectivity index (χ2n) is 4.52. The van der Waals surface area contributed by atoms with Gasteiger partial charge in [-0.1, -0.05) is 36.4 Å². The maximum atomic E-state index is 12.4. The first-order chi connectivity index (χ1) is 9.91. The summed E-state index contributed by atoms with van der Waals surface area (Å²) in [5.74, 6) is 0.741. The van der Waals surface area contributed by atoms with Crippen molar-refractivity contribution in [2.45, 2.75) is 19.2 Å². The third kappa shape index (κ3) is 3.76. The van der Waals surface area contributed by atoms with E-state index < -0.39 is 12.3 Å². The lowest BCUT2D eigenvalue weighted by molar-refractivity contribution is -0.206. The molecule has 0 aromatic heterocycles. The summed E-state index contributed by atoms with van der Waals surface area (Å²) in [7, 11) is 0. The summed E-state index contributed by atoms with van der Waals surface area (Å²) in [6.07, 6.45) is -7.10. The van der Waals surface area contributed by atoms with Gasteiger partial charge < -0.3 is 9.84 Å². The SMILES string of the molecule is CCOc1ccc(-c2ccc(C(O)C(F)(F)F)cc2)cc1. The molecule has 2 nitrogen and oxygen atoms in total. The summed E-state index contributed by atoms with van der Waals surface area (Å²) in [6, 6.07) is 12.9. The highest BCUT2D eigenvalue weighted by Crippen LogP contribution is 2.33. The van der Waals surface area contributed by atoms with Gasteiger partial charge in [0, 0.05) is 0 Å². The largest absolute Gasteiger partial charge is 0.494 e. The highest BCUT2D eigenvalue weighted by Gasteiger charge is 2.39. The molecular weight excluding hydrogens is 281 g/mol. The van der Waals surface area contributed by atoms with Crippen LogP contribution in [0.2, 0.25) is 0 Å². The normalized spacial score (nSPS) is 13.0. The molecule has 0 spiro atoms. The van der Waals surface area contributed by atoms with Gasteiger partial charge in [-0.2, -0.15) is 13.2 Å². The second-order valence-corrected chi connectivity index (χ2v) is 4.52. The zero-order valence-electron chi connectivity index (χ0n) is 11.4. The van der Waals surface area contributed by atoms with Gasteiger partial charge >= 0.3 is 6.18 Å². The van der Waals surface area contributed by atoms with Gasteiger partial charge in [0.05, 0.1) is 6.61 Å². The van der Waals surface area contributed by atoms with E-state index in [1.54, 1.807) is 24.3 Å². The summed E-state index contributed by atoms with van der Waals surface area (Å²) in [4.78, 5) is 0. The number of aliphatic hydroxyl groups is 1. The molecular formula is C16H15F3O2. The van der Waals surface area contributed by atoms with Crippen molar-refractivity contribution < 1.29 is 23.0 Å². The van der Waals surface area contributed by atoms with Crippen LogP contribution in [0.4, 0.5) is 13.2 Å². The van der Waals surface area contributed by atoms with E-state index in [1.807, 2.05) is 19.1 Å². The van der Waals surface area contributed by atoms with Gasteiger partial charge in [0.1, 0.15) is 5.75 Å². The highest BCUT2D eigenvalue weighted by atomic mass is 19.4. The minimum absolute atomic E-state index is 0.169. The molecule has 0 aliphatic carbocycles. The van der Waals surface area contributed by atoms with Crippen LogP contribution in [0.3, 0.4) is 0 Å². The Morgan fingerprint density at radius 1 is 0.952 bits per heavy atom. The van der Waals surface area contributed by atoms with E-state index in [9.17, 15) is 18.3 Å². The maximum Gasteiger partial charge on any atom is 0.418 e. The van der Waals surface area contributed by atoms with Crippen molar-refractivity contribution in [1.29, 1.82) is 0 Å². The van der Waals surface area contributed by atoms with Crippen LogP contribution in [0, 0.1) is 0 Å². The fourth-order valence-electron chi connectivity index (χ4n) is 1.96. The monoisotopic (exact) mass is 296 g/mol. The third-order valence-electron chi connectivity index (χ3n) is 3.04. The number of rotatable bonds is 4. The number of halogens is 3. The van der Waals surface area contributed by atoms with Gasteiger partial charge in [0.2, 0.25) is 0 Å². The molecule has 0 fully saturated rings. The van der Waals surface area contributed by atoms with Gasteiger partial charge in [0.25, 0.3) is 0 Å². The second kappa shape index (κ2) is 6.18. The molecule has 0 heterocycles. The Morgan fingerprint density at radius 2 is 1.43 bits per heavy atom. The first-order valence-electron chi connectivity index (χ1n) is 6.50. The zero-order valence-corrected chi connectivity index (χ0v) is 11.4. The predicted molar refractivity (Wildman–Crippen MR) is 74.1 cm³/mol. The third-order valence-corrected chi connectivity index (χ3v) is 3.04. The van der Waals surface area contributed by atoms with Crippen LogP contribution in [0.25, 0.3) is 11.1 Å². The predicted octanol–water partition coefficient (Wildman–Crippen LogP) is 4.35. The van der Waals surface area contributed by atoms with E-state index in [-0.39, 0.29) is 5.56 Å². The quantitative estimate of drug-likeness (QED) is 0.909. The van der Waals surface area contributed by atoms with Gasteiger partial charge in [-0.05, 0) is 35.7 Å². The molecule has 0 saturated carbocycles. The Labute approximate surface area is 120 Å². The van der Waals surface area contributed by atoms with Crippen LogP contribution in [0.1, 0.15) is 18.6 Å². The molecule has 2 aromatic carbocycles. The Bertz CT molecular complexity index is 574. The summed E-state index contributed by atoms with van der Waals surface area (Å²) < 4.78 is 42.6. The molecule has 112 valence electrons. The Morgan fingerprint density at radius 3 is 1.86 bits per heavy atom. The Hall–Kier alpha value is -2.01. The smallest absolute Gasteiger partial charge is 0.418 e. The summed E-state index contributed by atoms with van der Waals surface area (Å²) in [6.45, 7) is 2.46. The van der Waals surface area contributed by atoms with Crippen LogP contribution in [0.15, 0.2) is 48.5 Å². The average molecular weight is 296 g/mol.